The number of hydrazone groups is 1. The zero-order valence-corrected chi connectivity index (χ0v) is 14.1. The summed E-state index contributed by atoms with van der Waals surface area (Å²) < 4.78 is 1.98. The summed E-state index contributed by atoms with van der Waals surface area (Å²) in [6.45, 7) is 3.87. The molecule has 0 unspecified atom stereocenters. The molecule has 0 aliphatic rings. The number of nitrogens with one attached hydrogen (secondary N) is 1. The first-order chi connectivity index (χ1) is 10.9. The van der Waals surface area contributed by atoms with Crippen molar-refractivity contribution in [3.05, 3.63) is 51.3 Å². The Bertz CT molecular complexity index is 818. The van der Waals surface area contributed by atoms with Crippen LogP contribution in [0, 0.1) is 25.2 Å². The Kier molecular flexibility index (Phi) is 5.43. The second-order valence-electron chi connectivity index (χ2n) is 4.89. The number of amides is 1. The third-order valence-electron chi connectivity index (χ3n) is 3.25. The van der Waals surface area contributed by atoms with E-state index < -0.39 is 5.91 Å². The van der Waals surface area contributed by atoms with Crippen LogP contribution in [0.4, 0.5) is 0 Å². The second kappa shape index (κ2) is 7.32. The van der Waals surface area contributed by atoms with Crippen LogP contribution in [-0.4, -0.2) is 16.7 Å². The Morgan fingerprint density at radius 3 is 2.78 bits per heavy atom. The molecule has 1 aromatic carbocycles. The lowest BCUT2D eigenvalue weighted by atomic mass is 10.2. The highest BCUT2D eigenvalue weighted by atomic mass is 35.5. The number of hydrogen-bond donors (Lipinski definition) is 1. The molecular formula is C16H14Cl2N4O. The maximum absolute atomic E-state index is 11.2. The maximum Gasteiger partial charge on any atom is 0.254 e. The molecular weight excluding hydrogens is 335 g/mol. The number of aryl methyl sites for hydroxylation is 1. The van der Waals surface area contributed by atoms with Gasteiger partial charge in [-0.2, -0.15) is 10.4 Å². The average Bonchev–Trinajstić information content (AvgIpc) is 2.75. The van der Waals surface area contributed by atoms with Crippen LogP contribution in [0.1, 0.15) is 23.4 Å². The Labute approximate surface area is 144 Å². The van der Waals surface area contributed by atoms with E-state index in [1.54, 1.807) is 18.2 Å². The summed E-state index contributed by atoms with van der Waals surface area (Å²) >= 11 is 12.2. The minimum absolute atomic E-state index is 0.225. The molecule has 0 saturated heterocycles. The van der Waals surface area contributed by atoms with Crippen molar-refractivity contribution < 1.29 is 4.79 Å². The third kappa shape index (κ3) is 3.92. The first-order valence-corrected chi connectivity index (χ1v) is 7.53. The number of carbonyl (C=O) groups excluding carboxylic acids is 1. The van der Waals surface area contributed by atoms with Crippen LogP contribution in [-0.2, 0) is 4.79 Å². The molecule has 2 aromatic rings. The van der Waals surface area contributed by atoms with E-state index in [4.69, 9.17) is 28.5 Å². The Morgan fingerprint density at radius 2 is 2.13 bits per heavy atom. The number of rotatable bonds is 4. The van der Waals surface area contributed by atoms with Crippen molar-refractivity contribution in [2.24, 2.45) is 5.10 Å². The molecule has 1 N–H and O–H groups in total. The lowest BCUT2D eigenvalue weighted by molar-refractivity contribution is -0.120. The quantitative estimate of drug-likeness (QED) is 0.674. The monoisotopic (exact) mass is 348 g/mol. The van der Waals surface area contributed by atoms with Crippen LogP contribution in [0.3, 0.4) is 0 Å². The summed E-state index contributed by atoms with van der Waals surface area (Å²) in [5.74, 6) is -0.446. The van der Waals surface area contributed by atoms with Crippen molar-refractivity contribution in [2.45, 2.75) is 20.3 Å². The number of benzene rings is 1. The highest BCUT2D eigenvalue weighted by Gasteiger charge is 2.12. The van der Waals surface area contributed by atoms with E-state index in [9.17, 15) is 4.79 Å². The lowest BCUT2D eigenvalue weighted by Gasteiger charge is -2.11. The zero-order valence-electron chi connectivity index (χ0n) is 12.6. The molecule has 0 saturated carbocycles. The summed E-state index contributed by atoms with van der Waals surface area (Å²) in [5, 5.41) is 13.4. The summed E-state index contributed by atoms with van der Waals surface area (Å²) in [4.78, 5) is 11.2. The zero-order chi connectivity index (χ0) is 17.0. The fraction of sp³-hybridized carbons (Fsp3) is 0.188. The van der Waals surface area contributed by atoms with Crippen LogP contribution in [0.25, 0.3) is 5.69 Å². The lowest BCUT2D eigenvalue weighted by Crippen LogP contribution is -2.16. The van der Waals surface area contributed by atoms with E-state index in [1.165, 1.54) is 6.21 Å². The smallest absolute Gasteiger partial charge is 0.254 e. The average molecular weight is 349 g/mol. The first-order valence-electron chi connectivity index (χ1n) is 6.77. The molecule has 0 atom stereocenters. The van der Waals surface area contributed by atoms with Crippen molar-refractivity contribution in [2.75, 3.05) is 0 Å². The van der Waals surface area contributed by atoms with Gasteiger partial charge in [-0.15, -0.1) is 0 Å². The summed E-state index contributed by atoms with van der Waals surface area (Å²) in [5.41, 5.74) is 5.85. The van der Waals surface area contributed by atoms with Gasteiger partial charge in [-0.1, -0.05) is 23.2 Å². The predicted octanol–water partition coefficient (Wildman–Crippen LogP) is 3.76. The number of nitrogens with zero attached hydrogens (tertiary/aromatic N) is 3. The van der Waals surface area contributed by atoms with Crippen molar-refractivity contribution >= 4 is 35.3 Å². The highest BCUT2D eigenvalue weighted by Crippen LogP contribution is 2.28. The largest absolute Gasteiger partial charge is 0.316 e. The molecule has 0 spiro atoms. The minimum Gasteiger partial charge on any atom is -0.316 e. The summed E-state index contributed by atoms with van der Waals surface area (Å²) in [6, 6.07) is 9.00. The first kappa shape index (κ1) is 17.1. The van der Waals surface area contributed by atoms with Gasteiger partial charge < -0.3 is 4.57 Å². The van der Waals surface area contributed by atoms with Crippen molar-refractivity contribution in [1.82, 2.24) is 9.99 Å². The van der Waals surface area contributed by atoms with Gasteiger partial charge in [-0.05, 0) is 38.1 Å². The second-order valence-corrected chi connectivity index (χ2v) is 5.73. The molecule has 23 heavy (non-hydrogen) atoms. The van der Waals surface area contributed by atoms with Crippen LogP contribution < -0.4 is 5.43 Å². The van der Waals surface area contributed by atoms with Crippen LogP contribution in [0.15, 0.2) is 29.4 Å². The minimum atomic E-state index is -0.446. The molecule has 2 rings (SSSR count). The number of hydrogen-bond acceptors (Lipinski definition) is 3. The molecule has 1 aromatic heterocycles. The molecule has 0 fully saturated rings. The van der Waals surface area contributed by atoms with Crippen LogP contribution in [0.5, 0.6) is 0 Å². The standard InChI is InChI=1S/C16H14Cl2N4O/c1-10-7-12(9-20-21-16(23)5-6-19)11(2)22(10)15-4-3-13(17)8-14(15)18/h3-4,7-9H,5H2,1-2H3,(H,21,23). The molecule has 0 bridgehead atoms. The van der Waals surface area contributed by atoms with E-state index in [0.717, 1.165) is 22.6 Å². The van der Waals surface area contributed by atoms with Gasteiger partial charge in [0.2, 0.25) is 0 Å². The predicted molar refractivity (Wildman–Crippen MR) is 91.2 cm³/mol. The Balaban J connectivity index is 2.31. The molecule has 0 aliphatic carbocycles. The highest BCUT2D eigenvalue weighted by molar-refractivity contribution is 6.35. The van der Waals surface area contributed by atoms with Gasteiger partial charge in [0.25, 0.3) is 5.91 Å². The van der Waals surface area contributed by atoms with Crippen LogP contribution in [0.2, 0.25) is 10.0 Å². The van der Waals surface area contributed by atoms with Gasteiger partial charge in [-0.25, -0.2) is 5.43 Å². The van der Waals surface area contributed by atoms with Crippen molar-refractivity contribution in [3.63, 3.8) is 0 Å². The third-order valence-corrected chi connectivity index (χ3v) is 3.79. The van der Waals surface area contributed by atoms with Crippen LogP contribution >= 0.6 is 23.2 Å². The van der Waals surface area contributed by atoms with Gasteiger partial charge in [-0.3, -0.25) is 4.79 Å². The van der Waals surface area contributed by atoms with Crippen molar-refractivity contribution in [3.8, 4) is 11.8 Å². The van der Waals surface area contributed by atoms with E-state index in [0.29, 0.717) is 10.0 Å². The Morgan fingerprint density at radius 1 is 1.39 bits per heavy atom. The topological polar surface area (TPSA) is 70.2 Å². The summed E-state index contributed by atoms with van der Waals surface area (Å²) in [6.07, 6.45) is 1.31. The number of nitriles is 1. The molecule has 7 heteroatoms. The molecule has 1 amide bonds. The van der Waals surface area contributed by atoms with E-state index in [2.05, 4.69) is 10.5 Å². The van der Waals surface area contributed by atoms with E-state index in [-0.39, 0.29) is 6.42 Å². The SMILES string of the molecule is Cc1cc(C=NNC(=O)CC#N)c(C)n1-c1ccc(Cl)cc1Cl. The Hall–Kier alpha value is -2.29. The van der Waals surface area contributed by atoms with Crippen molar-refractivity contribution in [1.29, 1.82) is 5.26 Å². The van der Waals surface area contributed by atoms with Gasteiger partial charge in [0.05, 0.1) is 23.0 Å². The van der Waals surface area contributed by atoms with Gasteiger partial charge in [0.15, 0.2) is 0 Å². The number of aromatic nitrogens is 1. The number of halogens is 2. The van der Waals surface area contributed by atoms with Gasteiger partial charge >= 0.3 is 0 Å². The van der Waals surface area contributed by atoms with Gasteiger partial charge in [0.1, 0.15) is 6.42 Å². The number of carbonyl (C=O) groups is 1. The molecule has 0 aliphatic heterocycles. The molecule has 5 nitrogen and oxygen atoms in total. The maximum atomic E-state index is 11.2. The molecule has 1 heterocycles. The fourth-order valence-corrected chi connectivity index (χ4v) is 2.73. The summed E-state index contributed by atoms with van der Waals surface area (Å²) in [7, 11) is 0. The molecule has 0 radical (unpaired) electrons. The fourth-order valence-electron chi connectivity index (χ4n) is 2.24. The molecule has 118 valence electrons. The van der Waals surface area contributed by atoms with E-state index >= 15 is 0 Å². The van der Waals surface area contributed by atoms with E-state index in [1.807, 2.05) is 30.5 Å². The normalized spacial score (nSPS) is 10.7. The van der Waals surface area contributed by atoms with Gasteiger partial charge in [0, 0.05) is 22.0 Å².